The van der Waals surface area contributed by atoms with Crippen LogP contribution in [-0.4, -0.2) is 23.9 Å². The molecular weight excluding hydrogens is 292 g/mol. The highest BCUT2D eigenvalue weighted by Crippen LogP contribution is 2.28. The van der Waals surface area contributed by atoms with E-state index in [1.165, 1.54) is 18.6 Å². The van der Waals surface area contributed by atoms with Crippen molar-refractivity contribution in [3.05, 3.63) is 23.8 Å². The van der Waals surface area contributed by atoms with Crippen LogP contribution < -0.4 is 0 Å². The number of carbonyl (C=O) groups excluding carboxylic acids is 1. The minimum Gasteiger partial charge on any atom is -0.506 e. The fraction of sp³-hybridized carbons (Fsp3) is 0.533. The van der Waals surface area contributed by atoms with Gasteiger partial charge in [-0.1, -0.05) is 45.1 Å². The molecule has 0 saturated carbocycles. The number of hydrogen-bond acceptors (Lipinski definition) is 4. The summed E-state index contributed by atoms with van der Waals surface area (Å²) in [6, 6.07) is 3.76. The molecule has 0 bridgehead atoms. The summed E-state index contributed by atoms with van der Waals surface area (Å²) in [7, 11) is -4.53. The van der Waals surface area contributed by atoms with E-state index in [-0.39, 0.29) is 17.8 Å². The molecule has 0 aromatic heterocycles. The summed E-state index contributed by atoms with van der Waals surface area (Å²) in [5.74, 6) is -0.982. The number of para-hydroxylation sites is 1. The average Bonchev–Trinajstić information content (AvgIpc) is 2.41. The van der Waals surface area contributed by atoms with Crippen LogP contribution >= 0.6 is 0 Å². The lowest BCUT2D eigenvalue weighted by atomic mass is 10.0. The lowest BCUT2D eigenvalue weighted by molar-refractivity contribution is 0.0976. The fourth-order valence-electron chi connectivity index (χ4n) is 2.16. The fourth-order valence-corrected chi connectivity index (χ4v) is 2.76. The van der Waals surface area contributed by atoms with Crippen LogP contribution in [0.15, 0.2) is 23.1 Å². The Hall–Kier alpha value is -1.40. The van der Waals surface area contributed by atoms with Crippen molar-refractivity contribution in [2.45, 2.75) is 56.8 Å². The quantitative estimate of drug-likeness (QED) is 0.413. The zero-order valence-corrected chi connectivity index (χ0v) is 13.0. The largest absolute Gasteiger partial charge is 0.506 e. The van der Waals surface area contributed by atoms with Gasteiger partial charge in [-0.05, 0) is 18.6 Å². The second-order valence-electron chi connectivity index (χ2n) is 5.07. The highest BCUT2D eigenvalue weighted by molar-refractivity contribution is 7.86. The van der Waals surface area contributed by atoms with Gasteiger partial charge in [0.2, 0.25) is 0 Å². The number of unbranched alkanes of at least 4 members (excludes halogenated alkanes) is 5. The molecule has 0 aliphatic heterocycles. The van der Waals surface area contributed by atoms with Crippen LogP contribution in [0.25, 0.3) is 0 Å². The Morgan fingerprint density at radius 2 is 1.71 bits per heavy atom. The van der Waals surface area contributed by atoms with Crippen LogP contribution in [0.2, 0.25) is 0 Å². The molecule has 0 aliphatic rings. The predicted molar refractivity (Wildman–Crippen MR) is 80.2 cm³/mol. The molecule has 0 unspecified atom stereocenters. The minimum absolute atomic E-state index is 0.0568. The van der Waals surface area contributed by atoms with Gasteiger partial charge < -0.3 is 5.11 Å². The molecule has 0 fully saturated rings. The molecule has 0 radical (unpaired) electrons. The second kappa shape index (κ2) is 8.14. The summed E-state index contributed by atoms with van der Waals surface area (Å²) < 4.78 is 31.1. The van der Waals surface area contributed by atoms with Gasteiger partial charge in [0.15, 0.2) is 5.78 Å². The Labute approximate surface area is 125 Å². The maximum atomic E-state index is 12.0. The topological polar surface area (TPSA) is 91.7 Å². The summed E-state index contributed by atoms with van der Waals surface area (Å²) in [5.41, 5.74) is -0.0568. The molecule has 1 rings (SSSR count). The Morgan fingerprint density at radius 3 is 2.33 bits per heavy atom. The third-order valence-electron chi connectivity index (χ3n) is 3.33. The van der Waals surface area contributed by atoms with Crippen molar-refractivity contribution in [3.8, 4) is 5.75 Å². The molecule has 2 N–H and O–H groups in total. The predicted octanol–water partition coefficient (Wildman–Crippen LogP) is 3.57. The van der Waals surface area contributed by atoms with Crippen molar-refractivity contribution in [1.29, 1.82) is 0 Å². The molecule has 0 amide bonds. The maximum absolute atomic E-state index is 12.0. The van der Waals surface area contributed by atoms with Crippen molar-refractivity contribution in [1.82, 2.24) is 0 Å². The van der Waals surface area contributed by atoms with Crippen molar-refractivity contribution in [2.24, 2.45) is 0 Å². The number of carbonyl (C=O) groups is 1. The number of Topliss-reactive ketones (excluding diaryl/α,β-unsaturated/α-hetero) is 1. The van der Waals surface area contributed by atoms with Gasteiger partial charge in [-0.15, -0.1) is 0 Å². The van der Waals surface area contributed by atoms with Gasteiger partial charge in [0, 0.05) is 6.42 Å². The molecule has 118 valence electrons. The smallest absolute Gasteiger partial charge is 0.298 e. The van der Waals surface area contributed by atoms with Gasteiger partial charge in [0.1, 0.15) is 10.6 Å². The summed E-state index contributed by atoms with van der Waals surface area (Å²) in [6.07, 6.45) is 6.46. The Balaban J connectivity index is 2.63. The van der Waals surface area contributed by atoms with E-state index >= 15 is 0 Å². The van der Waals surface area contributed by atoms with Crippen molar-refractivity contribution < 1.29 is 22.9 Å². The third kappa shape index (κ3) is 5.47. The Kier molecular flexibility index (Phi) is 6.84. The second-order valence-corrected chi connectivity index (χ2v) is 6.46. The molecule has 0 saturated heterocycles. The van der Waals surface area contributed by atoms with E-state index in [0.29, 0.717) is 6.42 Å². The Morgan fingerprint density at radius 1 is 1.10 bits per heavy atom. The van der Waals surface area contributed by atoms with Gasteiger partial charge in [-0.2, -0.15) is 8.42 Å². The zero-order valence-electron chi connectivity index (χ0n) is 12.2. The molecule has 1 aromatic rings. The van der Waals surface area contributed by atoms with Crippen molar-refractivity contribution >= 4 is 15.9 Å². The minimum atomic E-state index is -4.53. The maximum Gasteiger partial charge on any atom is 0.298 e. The first kappa shape index (κ1) is 17.7. The standard InChI is InChI=1S/C15H22O5S/c1-2-3-4-5-6-7-10-13(16)12-9-8-11-14(15(12)17)21(18,19)20/h8-9,11,17H,2-7,10H2,1H3,(H,18,19,20). The molecule has 6 heteroatoms. The van der Waals surface area contributed by atoms with E-state index < -0.39 is 20.8 Å². The summed E-state index contributed by atoms with van der Waals surface area (Å²) in [6.45, 7) is 2.13. The number of ketones is 1. The summed E-state index contributed by atoms with van der Waals surface area (Å²) in [4.78, 5) is 11.4. The van der Waals surface area contributed by atoms with Crippen LogP contribution in [0.5, 0.6) is 5.75 Å². The van der Waals surface area contributed by atoms with Gasteiger partial charge in [0.25, 0.3) is 10.1 Å². The van der Waals surface area contributed by atoms with Gasteiger partial charge in [-0.3, -0.25) is 9.35 Å². The number of phenols is 1. The molecular formula is C15H22O5S. The normalized spacial score (nSPS) is 11.5. The molecule has 0 spiro atoms. The van der Waals surface area contributed by atoms with E-state index in [2.05, 4.69) is 6.92 Å². The van der Waals surface area contributed by atoms with Gasteiger partial charge >= 0.3 is 0 Å². The summed E-state index contributed by atoms with van der Waals surface area (Å²) in [5, 5.41) is 9.81. The van der Waals surface area contributed by atoms with E-state index in [9.17, 15) is 18.3 Å². The highest BCUT2D eigenvalue weighted by Gasteiger charge is 2.20. The van der Waals surface area contributed by atoms with Crippen molar-refractivity contribution in [3.63, 3.8) is 0 Å². The van der Waals surface area contributed by atoms with Gasteiger partial charge in [0.05, 0.1) is 5.56 Å². The van der Waals surface area contributed by atoms with Crippen molar-refractivity contribution in [2.75, 3.05) is 0 Å². The van der Waals surface area contributed by atoms with E-state index in [0.717, 1.165) is 31.7 Å². The SMILES string of the molecule is CCCCCCCCC(=O)c1cccc(S(=O)(=O)O)c1O. The average molecular weight is 314 g/mol. The lowest BCUT2D eigenvalue weighted by Crippen LogP contribution is -2.04. The monoisotopic (exact) mass is 314 g/mol. The van der Waals surface area contributed by atoms with Crippen LogP contribution in [-0.2, 0) is 10.1 Å². The first-order valence-corrected chi connectivity index (χ1v) is 8.64. The third-order valence-corrected chi connectivity index (χ3v) is 4.22. The van der Waals surface area contributed by atoms with E-state index in [1.807, 2.05) is 0 Å². The highest BCUT2D eigenvalue weighted by atomic mass is 32.2. The molecule has 0 aliphatic carbocycles. The molecule has 1 aromatic carbocycles. The van der Waals surface area contributed by atoms with E-state index in [1.54, 1.807) is 0 Å². The molecule has 21 heavy (non-hydrogen) atoms. The van der Waals surface area contributed by atoms with Crippen LogP contribution in [0.3, 0.4) is 0 Å². The number of phenolic OH excluding ortho intramolecular Hbond substituents is 1. The van der Waals surface area contributed by atoms with Gasteiger partial charge in [-0.25, -0.2) is 0 Å². The lowest BCUT2D eigenvalue weighted by Gasteiger charge is -2.07. The first-order valence-electron chi connectivity index (χ1n) is 7.20. The van der Waals surface area contributed by atoms with Crippen LogP contribution in [0, 0.1) is 0 Å². The summed E-state index contributed by atoms with van der Waals surface area (Å²) >= 11 is 0. The molecule has 0 heterocycles. The number of rotatable bonds is 9. The molecule has 5 nitrogen and oxygen atoms in total. The molecule has 0 atom stereocenters. The number of aromatic hydroxyl groups is 1. The Bertz CT molecular complexity index is 578. The number of hydrogen-bond donors (Lipinski definition) is 2. The zero-order chi connectivity index (χ0) is 15.9. The number of benzene rings is 1. The van der Waals surface area contributed by atoms with Crippen LogP contribution in [0.1, 0.15) is 62.2 Å². The van der Waals surface area contributed by atoms with Crippen LogP contribution in [0.4, 0.5) is 0 Å². The van der Waals surface area contributed by atoms with E-state index in [4.69, 9.17) is 4.55 Å². The first-order chi connectivity index (χ1) is 9.88.